The third kappa shape index (κ3) is 7.36. The highest BCUT2D eigenvalue weighted by molar-refractivity contribution is 5.80. The molecular weight excluding hydrogens is 484 g/mol. The second-order valence-electron chi connectivity index (χ2n) is 8.02. The van der Waals surface area contributed by atoms with Gasteiger partial charge < -0.3 is 18.9 Å². The van der Waals surface area contributed by atoms with E-state index in [9.17, 15) is 0 Å². The number of hydrogen-bond acceptors (Lipinski definition) is 10. The number of aromatic nitrogens is 2. The van der Waals surface area contributed by atoms with Gasteiger partial charge in [-0.25, -0.2) is 9.97 Å². The summed E-state index contributed by atoms with van der Waals surface area (Å²) in [5, 5.41) is 8.39. The lowest BCUT2D eigenvalue weighted by Gasteiger charge is -2.31. The maximum absolute atomic E-state index is 6.01. The van der Waals surface area contributed by atoms with Gasteiger partial charge >= 0.3 is 0 Å². The van der Waals surface area contributed by atoms with Crippen molar-refractivity contribution in [2.75, 3.05) is 24.1 Å². The number of pyridine rings is 2. The zero-order chi connectivity index (χ0) is 25.8. The third-order valence-corrected chi connectivity index (χ3v) is 5.25. The Morgan fingerprint density at radius 2 is 1.08 bits per heavy atom. The summed E-state index contributed by atoms with van der Waals surface area (Å²) in [5.41, 5.74) is 7.56. The Bertz CT molecular complexity index is 1210. The maximum atomic E-state index is 6.01. The Morgan fingerprint density at radius 1 is 0.632 bits per heavy atom. The molecule has 2 N–H and O–H groups in total. The van der Waals surface area contributed by atoms with E-state index in [1.807, 2.05) is 84.9 Å². The van der Waals surface area contributed by atoms with Crippen LogP contribution in [-0.2, 0) is 9.47 Å². The average molecular weight is 511 g/mol. The van der Waals surface area contributed by atoms with E-state index in [1.165, 1.54) is 0 Å². The van der Waals surface area contributed by atoms with Gasteiger partial charge in [0.15, 0.2) is 0 Å². The second kappa shape index (κ2) is 12.9. The molecule has 10 nitrogen and oxygen atoms in total. The Kier molecular flexibility index (Phi) is 8.48. The molecule has 2 atom stereocenters. The summed E-state index contributed by atoms with van der Waals surface area (Å²) in [6.45, 7) is 0.820. The van der Waals surface area contributed by atoms with Crippen molar-refractivity contribution in [1.29, 1.82) is 0 Å². The molecule has 3 heterocycles. The fourth-order valence-electron chi connectivity index (χ4n) is 3.40. The Labute approximate surface area is 220 Å². The summed E-state index contributed by atoms with van der Waals surface area (Å²) in [4.78, 5) is 8.32. The molecule has 1 fully saturated rings. The highest BCUT2D eigenvalue weighted by Crippen LogP contribution is 2.22. The summed E-state index contributed by atoms with van der Waals surface area (Å²) in [6.07, 6.45) is 5.36. The first-order valence-electron chi connectivity index (χ1n) is 12.0. The molecule has 192 valence electrons. The van der Waals surface area contributed by atoms with Gasteiger partial charge in [-0.2, -0.15) is 10.2 Å². The average Bonchev–Trinajstić information content (AvgIpc) is 2.97. The molecule has 0 amide bonds. The molecule has 5 rings (SSSR count). The molecule has 2 aromatic heterocycles. The Hall–Kier alpha value is -4.80. The summed E-state index contributed by atoms with van der Waals surface area (Å²) in [7, 11) is 0. The predicted octanol–water partition coefficient (Wildman–Crippen LogP) is 4.53. The van der Waals surface area contributed by atoms with Gasteiger partial charge in [0.1, 0.15) is 23.1 Å². The molecule has 1 saturated heterocycles. The van der Waals surface area contributed by atoms with Gasteiger partial charge in [0.2, 0.25) is 0 Å². The molecule has 0 bridgehead atoms. The van der Waals surface area contributed by atoms with Crippen molar-refractivity contribution < 1.29 is 18.9 Å². The van der Waals surface area contributed by atoms with Crippen LogP contribution in [-0.4, -0.2) is 48.2 Å². The third-order valence-electron chi connectivity index (χ3n) is 5.25. The fraction of sp³-hybridized carbons (Fsp3) is 0.143. The van der Waals surface area contributed by atoms with E-state index in [-0.39, 0.29) is 0 Å². The van der Waals surface area contributed by atoms with Crippen LogP contribution in [0.5, 0.6) is 11.5 Å². The van der Waals surface area contributed by atoms with E-state index >= 15 is 0 Å². The van der Waals surface area contributed by atoms with Gasteiger partial charge in [-0.05, 0) is 83.9 Å². The fourth-order valence-corrected chi connectivity index (χ4v) is 3.40. The number of anilines is 2. The first kappa shape index (κ1) is 24.9. The highest BCUT2D eigenvalue weighted by atomic mass is 16.8. The summed E-state index contributed by atoms with van der Waals surface area (Å²) in [6, 6.07) is 26.1. The van der Waals surface area contributed by atoms with Crippen LogP contribution in [0.1, 0.15) is 11.1 Å². The molecule has 10 heteroatoms. The first-order chi connectivity index (χ1) is 18.8. The van der Waals surface area contributed by atoms with Gasteiger partial charge in [0.05, 0.1) is 25.6 Å². The molecule has 38 heavy (non-hydrogen) atoms. The van der Waals surface area contributed by atoms with E-state index < -0.39 is 12.6 Å². The summed E-state index contributed by atoms with van der Waals surface area (Å²) in [5.74, 6) is 2.58. The molecule has 0 radical (unpaired) electrons. The van der Waals surface area contributed by atoms with Gasteiger partial charge in [0, 0.05) is 12.4 Å². The molecule has 1 aliphatic rings. The molecule has 0 aliphatic carbocycles. The van der Waals surface area contributed by atoms with E-state index in [0.717, 1.165) is 11.1 Å². The maximum Gasteiger partial charge on any atom is 0.263 e. The quantitative estimate of drug-likeness (QED) is 0.237. The molecule has 2 aromatic carbocycles. The van der Waals surface area contributed by atoms with Crippen molar-refractivity contribution in [3.8, 4) is 11.5 Å². The topological polar surface area (TPSA) is 111 Å². The lowest BCUT2D eigenvalue weighted by molar-refractivity contribution is -0.271. The second-order valence-corrected chi connectivity index (χ2v) is 8.02. The number of benzene rings is 2. The van der Waals surface area contributed by atoms with Crippen molar-refractivity contribution >= 4 is 24.1 Å². The van der Waals surface area contributed by atoms with Gasteiger partial charge in [-0.15, -0.1) is 0 Å². The van der Waals surface area contributed by atoms with Crippen LogP contribution in [0.25, 0.3) is 0 Å². The Balaban J connectivity index is 1.13. The van der Waals surface area contributed by atoms with Crippen LogP contribution < -0.4 is 20.3 Å². The lowest BCUT2D eigenvalue weighted by Crippen LogP contribution is -2.45. The van der Waals surface area contributed by atoms with Crippen molar-refractivity contribution in [1.82, 2.24) is 9.97 Å². The molecule has 0 unspecified atom stereocenters. The standard InChI is InChI=1S/C28H26N6O4/c1-3-15-29-25(5-1)33-31-19-21-7-11-23(12-8-21)37-27-28(36-18-17-35-27)38-24-13-9-22(10-14-24)20-32-34-26-6-2-4-16-30-26/h1-16,19-20,27-28H,17-18H2,(H,29,33)(H,30,34)/b31-19-,32-20-/t27-,28+. The minimum atomic E-state index is -0.724. The van der Waals surface area contributed by atoms with E-state index in [0.29, 0.717) is 36.3 Å². The van der Waals surface area contributed by atoms with Crippen LogP contribution in [0.15, 0.2) is 108 Å². The largest absolute Gasteiger partial charge is 0.458 e. The normalized spacial score (nSPS) is 17.4. The minimum Gasteiger partial charge on any atom is -0.458 e. The molecule has 0 saturated carbocycles. The van der Waals surface area contributed by atoms with Gasteiger partial charge in [0.25, 0.3) is 12.6 Å². The Morgan fingerprint density at radius 3 is 1.47 bits per heavy atom. The number of hydrogen-bond donors (Lipinski definition) is 2. The van der Waals surface area contributed by atoms with E-state index in [4.69, 9.17) is 18.9 Å². The molecular formula is C28H26N6O4. The molecule has 0 spiro atoms. The van der Waals surface area contributed by atoms with E-state index in [1.54, 1.807) is 24.8 Å². The number of ether oxygens (including phenoxy) is 4. The number of hydrazone groups is 2. The zero-order valence-electron chi connectivity index (χ0n) is 20.4. The highest BCUT2D eigenvalue weighted by Gasteiger charge is 2.31. The number of nitrogens with one attached hydrogen (secondary N) is 2. The first-order valence-corrected chi connectivity index (χ1v) is 12.0. The monoisotopic (exact) mass is 510 g/mol. The van der Waals surface area contributed by atoms with Gasteiger partial charge in [-0.1, -0.05) is 12.1 Å². The molecule has 4 aromatic rings. The van der Waals surface area contributed by atoms with Crippen LogP contribution in [0.3, 0.4) is 0 Å². The van der Waals surface area contributed by atoms with Crippen LogP contribution >= 0.6 is 0 Å². The van der Waals surface area contributed by atoms with Crippen molar-refractivity contribution in [3.05, 3.63) is 108 Å². The van der Waals surface area contributed by atoms with E-state index in [2.05, 4.69) is 31.0 Å². The number of nitrogens with zero attached hydrogens (tertiary/aromatic N) is 4. The SMILES string of the molecule is C(=N/Nc1ccccn1)/c1ccc(O[C@H]2OCCO[C@H]2Oc2ccc(/C=N\Nc3ccccn3)cc2)cc1. The number of rotatable bonds is 10. The predicted molar refractivity (Wildman–Crippen MR) is 145 cm³/mol. The van der Waals surface area contributed by atoms with Crippen molar-refractivity contribution in [2.45, 2.75) is 12.6 Å². The lowest BCUT2D eigenvalue weighted by atomic mass is 10.2. The van der Waals surface area contributed by atoms with Crippen LogP contribution in [0, 0.1) is 0 Å². The molecule has 1 aliphatic heterocycles. The summed E-state index contributed by atoms with van der Waals surface area (Å²) >= 11 is 0. The smallest absolute Gasteiger partial charge is 0.263 e. The van der Waals surface area contributed by atoms with Crippen LogP contribution in [0.2, 0.25) is 0 Å². The minimum absolute atomic E-state index is 0.410. The van der Waals surface area contributed by atoms with Crippen LogP contribution in [0.4, 0.5) is 11.6 Å². The van der Waals surface area contributed by atoms with Crippen molar-refractivity contribution in [3.63, 3.8) is 0 Å². The summed E-state index contributed by atoms with van der Waals surface area (Å²) < 4.78 is 23.6. The zero-order valence-corrected chi connectivity index (χ0v) is 20.4. The van der Waals surface area contributed by atoms with Crippen molar-refractivity contribution in [2.24, 2.45) is 10.2 Å². The van der Waals surface area contributed by atoms with Gasteiger partial charge in [-0.3, -0.25) is 10.9 Å².